The summed E-state index contributed by atoms with van der Waals surface area (Å²) in [4.78, 5) is 0. The first-order valence-corrected chi connectivity index (χ1v) is 14.9. The van der Waals surface area contributed by atoms with Crippen molar-refractivity contribution in [1.29, 1.82) is 0 Å². The molecule has 7 rings (SSSR count). The van der Waals surface area contributed by atoms with Crippen LogP contribution in [0.5, 0.6) is 0 Å². The molecule has 0 amide bonds. The zero-order valence-electron chi connectivity index (χ0n) is 19.6. The van der Waals surface area contributed by atoms with Crippen molar-refractivity contribution in [3.05, 3.63) is 145 Å². The van der Waals surface area contributed by atoms with E-state index in [0.29, 0.717) is 0 Å². The second kappa shape index (κ2) is 8.08. The summed E-state index contributed by atoms with van der Waals surface area (Å²) in [5.41, 5.74) is 5.85. The topological polar surface area (TPSA) is 0 Å². The van der Waals surface area contributed by atoms with Crippen LogP contribution in [0.3, 0.4) is 0 Å². The second-order valence-corrected chi connectivity index (χ2v) is 13.8. The molecule has 0 aromatic heterocycles. The highest BCUT2D eigenvalue weighted by Crippen LogP contribution is 2.43. The van der Waals surface area contributed by atoms with Gasteiger partial charge in [-0.1, -0.05) is 144 Å². The number of fused-ring (bicyclic) bond motifs is 7. The number of hydrogen-bond acceptors (Lipinski definition) is 0. The van der Waals surface area contributed by atoms with Crippen molar-refractivity contribution in [2.24, 2.45) is 0 Å². The summed E-state index contributed by atoms with van der Waals surface area (Å²) in [6.07, 6.45) is 0. The van der Waals surface area contributed by atoms with Crippen molar-refractivity contribution >= 4 is 40.0 Å². The van der Waals surface area contributed by atoms with Crippen LogP contribution in [0, 0.1) is 0 Å². The highest BCUT2D eigenvalue weighted by atomic mass is 28.3. The van der Waals surface area contributed by atoms with Crippen molar-refractivity contribution in [1.82, 2.24) is 0 Å². The van der Waals surface area contributed by atoms with Gasteiger partial charge in [0.15, 0.2) is 0 Å². The van der Waals surface area contributed by atoms with Crippen LogP contribution in [-0.4, -0.2) is 8.07 Å². The minimum absolute atomic E-state index is 1.10. The molecule has 166 valence electrons. The van der Waals surface area contributed by atoms with Gasteiger partial charge in [-0.05, 0) is 55.9 Å². The van der Waals surface area contributed by atoms with Crippen molar-refractivity contribution < 1.29 is 0 Å². The van der Waals surface area contributed by atoms with Gasteiger partial charge in [0.1, 0.15) is 8.07 Å². The summed E-state index contributed by atoms with van der Waals surface area (Å²) in [5.74, 6) is 0. The van der Waals surface area contributed by atoms with E-state index in [1.807, 2.05) is 0 Å². The molecule has 0 nitrogen and oxygen atoms in total. The average molecular weight is 463 g/mol. The molecule has 0 radical (unpaired) electrons. The molecule has 0 unspecified atom stereocenters. The number of rotatable bonds is 2. The van der Waals surface area contributed by atoms with Gasteiger partial charge in [-0.25, -0.2) is 0 Å². The summed E-state index contributed by atoms with van der Waals surface area (Å²) in [7, 11) is -2.16. The molecule has 0 saturated carbocycles. The van der Waals surface area contributed by atoms with E-state index in [9.17, 15) is 0 Å². The van der Waals surface area contributed by atoms with Gasteiger partial charge in [0.2, 0.25) is 0 Å². The Hall–Kier alpha value is -3.94. The van der Waals surface area contributed by atoms with E-state index in [0.717, 1.165) is 12.1 Å². The minimum atomic E-state index is -2.16. The van der Waals surface area contributed by atoms with Crippen LogP contribution in [-0.2, 0) is 12.1 Å². The molecule has 0 saturated heterocycles. The van der Waals surface area contributed by atoms with E-state index in [1.165, 1.54) is 54.2 Å². The quantitative estimate of drug-likeness (QED) is 0.241. The van der Waals surface area contributed by atoms with E-state index in [4.69, 9.17) is 0 Å². The molecule has 6 aromatic carbocycles. The van der Waals surface area contributed by atoms with Crippen LogP contribution in [0.1, 0.15) is 11.1 Å². The van der Waals surface area contributed by atoms with Crippen molar-refractivity contribution in [2.75, 3.05) is 0 Å². The Morgan fingerprint density at radius 1 is 0.371 bits per heavy atom. The second-order valence-electron chi connectivity index (χ2n) is 9.81. The average Bonchev–Trinajstić information content (AvgIpc) is 3.10. The third kappa shape index (κ3) is 3.19. The molecule has 1 heteroatoms. The van der Waals surface area contributed by atoms with Gasteiger partial charge < -0.3 is 0 Å². The van der Waals surface area contributed by atoms with Crippen LogP contribution in [0.2, 0.25) is 0 Å². The minimum Gasteiger partial charge on any atom is -0.0626 e. The summed E-state index contributed by atoms with van der Waals surface area (Å²) in [6.45, 7) is 0. The summed E-state index contributed by atoms with van der Waals surface area (Å²) >= 11 is 0. The van der Waals surface area contributed by atoms with Crippen LogP contribution < -0.4 is 10.4 Å². The molecule has 35 heavy (non-hydrogen) atoms. The highest BCUT2D eigenvalue weighted by molar-refractivity contribution is 7.01. The van der Waals surface area contributed by atoms with Gasteiger partial charge in [-0.2, -0.15) is 0 Å². The third-order valence-electron chi connectivity index (χ3n) is 7.92. The van der Waals surface area contributed by atoms with Crippen molar-refractivity contribution in [3.8, 4) is 11.1 Å². The SMILES string of the molecule is c1ccc([Si]2(c3ccccc3)Cc3ccc4ccccc4c3-c3c(ccc4ccccc34)C2)cc1. The Labute approximate surface area is 207 Å². The lowest BCUT2D eigenvalue weighted by molar-refractivity contribution is 1.29. The van der Waals surface area contributed by atoms with Crippen molar-refractivity contribution in [3.63, 3.8) is 0 Å². The van der Waals surface area contributed by atoms with Gasteiger partial charge in [0.25, 0.3) is 0 Å². The fraction of sp³-hybridized carbons (Fsp3) is 0.0588. The number of benzene rings is 6. The van der Waals surface area contributed by atoms with Crippen LogP contribution >= 0.6 is 0 Å². The highest BCUT2D eigenvalue weighted by Gasteiger charge is 2.41. The van der Waals surface area contributed by atoms with Gasteiger partial charge in [-0.3, -0.25) is 0 Å². The molecule has 0 bridgehead atoms. The maximum atomic E-state index is 2.42. The molecule has 0 spiro atoms. The largest absolute Gasteiger partial charge is 0.126 e. The molecule has 6 aromatic rings. The fourth-order valence-corrected chi connectivity index (χ4v) is 11.1. The molecule has 0 aliphatic carbocycles. The third-order valence-corrected chi connectivity index (χ3v) is 12.8. The van der Waals surface area contributed by atoms with Gasteiger partial charge in [-0.15, -0.1) is 0 Å². The molecule has 1 aliphatic heterocycles. The van der Waals surface area contributed by atoms with E-state index < -0.39 is 8.07 Å². The zero-order chi connectivity index (χ0) is 23.2. The predicted octanol–water partition coefficient (Wildman–Crippen LogP) is 7.10. The van der Waals surface area contributed by atoms with Crippen LogP contribution in [0.25, 0.3) is 32.7 Å². The Balaban J connectivity index is 1.64. The lowest BCUT2D eigenvalue weighted by Gasteiger charge is -2.33. The first-order chi connectivity index (χ1) is 17.3. The number of hydrogen-bond donors (Lipinski definition) is 0. The summed E-state index contributed by atoms with van der Waals surface area (Å²) in [5, 5.41) is 8.41. The molecule has 0 N–H and O–H groups in total. The maximum Gasteiger partial charge on any atom is 0.126 e. The zero-order valence-corrected chi connectivity index (χ0v) is 20.6. The summed E-state index contributed by atoms with van der Waals surface area (Å²) < 4.78 is 0. The van der Waals surface area contributed by atoms with E-state index in [-0.39, 0.29) is 0 Å². The van der Waals surface area contributed by atoms with Crippen LogP contribution in [0.15, 0.2) is 133 Å². The summed E-state index contributed by atoms with van der Waals surface area (Å²) in [6, 6.07) is 52.3. The Morgan fingerprint density at radius 2 is 0.771 bits per heavy atom. The Kier molecular flexibility index (Phi) is 4.71. The molecule has 1 heterocycles. The lowest BCUT2D eigenvalue weighted by atomic mass is 9.88. The first-order valence-electron chi connectivity index (χ1n) is 12.5. The molecule has 0 fully saturated rings. The van der Waals surface area contributed by atoms with Crippen molar-refractivity contribution in [2.45, 2.75) is 12.1 Å². The normalized spacial score (nSPS) is 14.3. The van der Waals surface area contributed by atoms with Gasteiger partial charge in [0.05, 0.1) is 0 Å². The van der Waals surface area contributed by atoms with Gasteiger partial charge >= 0.3 is 0 Å². The molecule has 0 atom stereocenters. The molecule has 1 aliphatic rings. The Bertz CT molecular complexity index is 1550. The van der Waals surface area contributed by atoms with Gasteiger partial charge in [0, 0.05) is 0 Å². The first kappa shape index (κ1) is 20.4. The smallest absolute Gasteiger partial charge is 0.0626 e. The van der Waals surface area contributed by atoms with E-state index in [1.54, 1.807) is 0 Å². The lowest BCUT2D eigenvalue weighted by Crippen LogP contribution is -2.62. The molecular formula is C34H26Si. The molecular weight excluding hydrogens is 436 g/mol. The monoisotopic (exact) mass is 462 g/mol. The van der Waals surface area contributed by atoms with Crippen LogP contribution in [0.4, 0.5) is 0 Å². The predicted molar refractivity (Wildman–Crippen MR) is 152 cm³/mol. The fourth-order valence-electron chi connectivity index (χ4n) is 6.32. The maximum absolute atomic E-state index is 2.42. The standard InChI is InChI=1S/C34H26Si/c1-3-13-29(14-4-1)35(30-15-5-2-6-16-30)23-27-21-19-25-11-7-9-17-31(25)33(27)34-28(24-35)22-20-26-12-8-10-18-32(26)34/h1-22H,23-24H2. The van der Waals surface area contributed by atoms with E-state index >= 15 is 0 Å². The Morgan fingerprint density at radius 3 is 1.23 bits per heavy atom. The van der Waals surface area contributed by atoms with E-state index in [2.05, 4.69) is 133 Å².